The molecule has 1 aromatic carbocycles. The van der Waals surface area contributed by atoms with E-state index < -0.39 is 0 Å². The lowest BCUT2D eigenvalue weighted by atomic mass is 10.3. The molecule has 1 heterocycles. The van der Waals surface area contributed by atoms with Gasteiger partial charge in [-0.3, -0.25) is 0 Å². The fourth-order valence-corrected chi connectivity index (χ4v) is 1.07. The molecule has 0 amide bonds. The molecule has 1 atom stereocenters. The fourth-order valence-electron chi connectivity index (χ4n) is 1.07. The van der Waals surface area contributed by atoms with Crippen LogP contribution in [0.3, 0.4) is 0 Å². The first-order chi connectivity index (χ1) is 4.88. The van der Waals surface area contributed by atoms with Crippen LogP contribution in [0.1, 0.15) is 0 Å². The third kappa shape index (κ3) is 0.660. The van der Waals surface area contributed by atoms with Crippen molar-refractivity contribution in [2.24, 2.45) is 4.99 Å². The lowest BCUT2D eigenvalue weighted by Crippen LogP contribution is -2.99. The number of benzene rings is 1. The molecule has 0 saturated carbocycles. The monoisotopic (exact) mass is 132 g/mol. The molecule has 1 aliphatic rings. The zero-order valence-electron chi connectivity index (χ0n) is 5.54. The van der Waals surface area contributed by atoms with Crippen LogP contribution in [-0.2, 0) is 0 Å². The molecule has 50 valence electrons. The molecular formula is C8H8N2. The molecule has 10 heavy (non-hydrogen) atoms. The molecule has 0 radical (unpaired) electrons. The van der Waals surface area contributed by atoms with Crippen molar-refractivity contribution in [1.29, 1.82) is 0 Å². The number of rotatable bonds is 0. The number of para-hydroxylation sites is 2. The van der Waals surface area contributed by atoms with E-state index >= 15 is 0 Å². The van der Waals surface area contributed by atoms with Gasteiger partial charge in [0.05, 0.1) is 0 Å². The second-order valence-electron chi connectivity index (χ2n) is 2.30. The van der Waals surface area contributed by atoms with E-state index in [1.807, 2.05) is 24.3 Å². The van der Waals surface area contributed by atoms with Gasteiger partial charge in [0, 0.05) is 0 Å². The van der Waals surface area contributed by atoms with Gasteiger partial charge in [-0.05, 0) is 12.1 Å². The Kier molecular flexibility index (Phi) is 1.08. The molecule has 2 heteroatoms. The van der Waals surface area contributed by atoms with Crippen LogP contribution in [-0.4, -0.2) is 6.34 Å². The summed E-state index contributed by atoms with van der Waals surface area (Å²) in [5.74, 6) is 0. The van der Waals surface area contributed by atoms with Crippen molar-refractivity contribution in [2.75, 3.05) is 0 Å². The Bertz CT molecular complexity index is 278. The van der Waals surface area contributed by atoms with Crippen LogP contribution < -0.4 is 4.90 Å². The molecule has 1 unspecified atom stereocenters. The fraction of sp³-hybridized carbons (Fsp3) is 0. The van der Waals surface area contributed by atoms with Gasteiger partial charge in [0.2, 0.25) is 0 Å². The van der Waals surface area contributed by atoms with E-state index in [9.17, 15) is 0 Å². The second-order valence-corrected chi connectivity index (χ2v) is 2.30. The molecule has 2 nitrogen and oxygen atoms in total. The number of nitrogens with one attached hydrogen (secondary N) is 1. The van der Waals surface area contributed by atoms with Gasteiger partial charge < -0.3 is 4.90 Å². The highest BCUT2D eigenvalue weighted by Gasteiger charge is 2.10. The number of quaternary nitrogens is 1. The minimum atomic E-state index is 1.01. The highest BCUT2D eigenvalue weighted by molar-refractivity contribution is 5.71. The van der Waals surface area contributed by atoms with Crippen molar-refractivity contribution < 1.29 is 4.90 Å². The van der Waals surface area contributed by atoms with Crippen LogP contribution in [0, 0.1) is 7.05 Å². The van der Waals surface area contributed by atoms with Gasteiger partial charge in [-0.25, -0.2) is 0 Å². The predicted octanol–water partition coefficient (Wildman–Crippen LogP) is 0.668. The van der Waals surface area contributed by atoms with E-state index in [-0.39, 0.29) is 0 Å². The number of aliphatic imine (C=N–C) groups is 1. The summed E-state index contributed by atoms with van der Waals surface area (Å²) < 4.78 is 0. The van der Waals surface area contributed by atoms with Crippen LogP contribution in [0.2, 0.25) is 0 Å². The summed E-state index contributed by atoms with van der Waals surface area (Å²) in [6.45, 7) is 0. The van der Waals surface area contributed by atoms with Gasteiger partial charge in [-0.2, -0.15) is 4.99 Å². The quantitative estimate of drug-likeness (QED) is 0.500. The first kappa shape index (κ1) is 5.62. The predicted molar refractivity (Wildman–Crippen MR) is 40.6 cm³/mol. The standard InChI is InChI=1S/C8H8N2/c1-10-6-9-7-4-2-3-5-8(7)10/h2-6,10H,1H2. The summed E-state index contributed by atoms with van der Waals surface area (Å²) in [5, 5.41) is 0. The average molecular weight is 132 g/mol. The third-order valence-electron chi connectivity index (χ3n) is 1.61. The Morgan fingerprint density at radius 1 is 1.30 bits per heavy atom. The minimum absolute atomic E-state index is 1.01. The van der Waals surface area contributed by atoms with E-state index in [1.165, 1.54) is 0 Å². The van der Waals surface area contributed by atoms with E-state index in [4.69, 9.17) is 0 Å². The minimum Gasteiger partial charge on any atom is -0.390 e. The normalized spacial score (nSPS) is 21.1. The van der Waals surface area contributed by atoms with Crippen LogP contribution in [0.15, 0.2) is 29.3 Å². The van der Waals surface area contributed by atoms with Gasteiger partial charge in [-0.15, -0.1) is 7.05 Å². The van der Waals surface area contributed by atoms with Gasteiger partial charge in [-0.1, -0.05) is 12.1 Å². The van der Waals surface area contributed by atoms with E-state index in [0.717, 1.165) is 16.3 Å². The summed E-state index contributed by atoms with van der Waals surface area (Å²) in [6.07, 6.45) is 1.80. The highest BCUT2D eigenvalue weighted by atomic mass is 15.2. The lowest BCUT2D eigenvalue weighted by molar-refractivity contribution is -0.662. The zero-order valence-corrected chi connectivity index (χ0v) is 5.54. The SMILES string of the molecule is [CH2-][NH+]1C=Nc2ccccc21. The second kappa shape index (κ2) is 1.92. The van der Waals surface area contributed by atoms with E-state index in [1.54, 1.807) is 6.34 Å². The molecule has 1 aromatic rings. The molecule has 1 aliphatic heterocycles. The molecule has 0 saturated heterocycles. The summed E-state index contributed by atoms with van der Waals surface area (Å²) in [4.78, 5) is 5.17. The molecule has 0 aliphatic carbocycles. The molecule has 0 bridgehead atoms. The molecule has 0 fully saturated rings. The number of hydrogen-bond acceptors (Lipinski definition) is 1. The van der Waals surface area contributed by atoms with Crippen LogP contribution in [0.5, 0.6) is 0 Å². The Labute approximate surface area is 59.8 Å². The maximum Gasteiger partial charge on any atom is 0.167 e. The summed E-state index contributed by atoms with van der Waals surface area (Å²) in [6, 6.07) is 8.00. The summed E-state index contributed by atoms with van der Waals surface area (Å²) in [5.41, 5.74) is 2.19. The zero-order chi connectivity index (χ0) is 6.97. The number of fused-ring (bicyclic) bond motifs is 1. The van der Waals surface area contributed by atoms with Gasteiger partial charge in [0.1, 0.15) is 11.4 Å². The molecular weight excluding hydrogens is 124 g/mol. The van der Waals surface area contributed by atoms with Gasteiger partial charge in [0.25, 0.3) is 0 Å². The molecule has 0 aromatic heterocycles. The topological polar surface area (TPSA) is 16.8 Å². The smallest absolute Gasteiger partial charge is 0.167 e. The Hall–Kier alpha value is -1.15. The Morgan fingerprint density at radius 2 is 2.10 bits per heavy atom. The van der Waals surface area contributed by atoms with Crippen molar-refractivity contribution in [3.63, 3.8) is 0 Å². The summed E-state index contributed by atoms with van der Waals surface area (Å²) >= 11 is 0. The van der Waals surface area contributed by atoms with Crippen LogP contribution >= 0.6 is 0 Å². The lowest BCUT2D eigenvalue weighted by Gasteiger charge is -2.07. The molecule has 0 spiro atoms. The maximum atomic E-state index is 4.16. The van der Waals surface area contributed by atoms with Crippen molar-refractivity contribution in [3.8, 4) is 0 Å². The molecule has 2 rings (SSSR count). The van der Waals surface area contributed by atoms with Crippen molar-refractivity contribution in [1.82, 2.24) is 0 Å². The van der Waals surface area contributed by atoms with E-state index in [2.05, 4.69) is 12.0 Å². The Balaban J connectivity index is 2.59. The van der Waals surface area contributed by atoms with E-state index in [0.29, 0.717) is 0 Å². The highest BCUT2D eigenvalue weighted by Crippen LogP contribution is 2.21. The van der Waals surface area contributed by atoms with Crippen LogP contribution in [0.25, 0.3) is 0 Å². The third-order valence-corrected chi connectivity index (χ3v) is 1.61. The average Bonchev–Trinajstić information content (AvgIpc) is 2.34. The number of hydrogen-bond donors (Lipinski definition) is 1. The maximum absolute atomic E-state index is 4.16. The summed E-state index contributed by atoms with van der Waals surface area (Å²) in [7, 11) is 3.85. The van der Waals surface area contributed by atoms with Crippen molar-refractivity contribution >= 4 is 17.7 Å². The Morgan fingerprint density at radius 3 is 2.90 bits per heavy atom. The van der Waals surface area contributed by atoms with Gasteiger partial charge >= 0.3 is 0 Å². The molecule has 1 N–H and O–H groups in total. The first-order valence-corrected chi connectivity index (χ1v) is 3.20. The van der Waals surface area contributed by atoms with Gasteiger partial charge in [0.15, 0.2) is 6.34 Å². The van der Waals surface area contributed by atoms with Crippen molar-refractivity contribution in [2.45, 2.75) is 0 Å². The van der Waals surface area contributed by atoms with Crippen molar-refractivity contribution in [3.05, 3.63) is 31.3 Å². The number of nitrogens with zero attached hydrogens (tertiary/aromatic N) is 1. The largest absolute Gasteiger partial charge is 0.390 e. The van der Waals surface area contributed by atoms with Crippen LogP contribution in [0.4, 0.5) is 11.4 Å². The first-order valence-electron chi connectivity index (χ1n) is 3.20.